The van der Waals surface area contributed by atoms with Crippen LogP contribution in [0.5, 0.6) is 0 Å². The van der Waals surface area contributed by atoms with Crippen LogP contribution in [0.2, 0.25) is 0 Å². The van der Waals surface area contributed by atoms with Gasteiger partial charge in [-0.15, -0.1) is 0 Å². The van der Waals surface area contributed by atoms with Crippen molar-refractivity contribution < 1.29 is 17.7 Å². The standard InChI is InChI=1S/C47H33NO.C43H29NO2.C43H31NO/c1-47(2)42-15-9-8-14-39(42)45-40-28-35(23-18-33(40)20-26-43(45)47)48(34-21-16-31(17-22-34)30-10-4-3-5-11-30)36-24-27-44-41(29-36)38-25-19-32-12-6-7-13-37(32)46(38)49-44;1-43(2)36-12-6-3-11-33(36)42-34-23-27(17-15-26(34)16-21-37(42)43)44(28-19-22-40-35(24-28)31-10-5-8-14-39(31)45-40)29-18-20-32-30-9-4-7-13-38(30)46-41(32)25-29;1-43(2)38-14-8-6-13-35(38)42-36-26-32(22-18-30(36)19-24-39(42)43)44(31-20-16-29(17-21-31)28-10-4-3-5-11-28)33-23-25-41-37(27-33)34-12-7-9-15-40(34)45-41/h3-29H,1-2H3;3-25H,1-2H3;3-27H,1-2H3. The normalized spacial score (nSPS) is 13.4. The van der Waals surface area contributed by atoms with Crippen molar-refractivity contribution in [2.45, 2.75) is 57.8 Å². The summed E-state index contributed by atoms with van der Waals surface area (Å²) in [6.07, 6.45) is 0. The van der Waals surface area contributed by atoms with E-state index < -0.39 is 0 Å². The quantitative estimate of drug-likeness (QED) is 0.128. The Balaban J connectivity index is 0.000000106. The van der Waals surface area contributed by atoms with E-state index in [1.54, 1.807) is 0 Å². The molecule has 0 atom stereocenters. The van der Waals surface area contributed by atoms with Crippen molar-refractivity contribution in [2.24, 2.45) is 0 Å². The van der Waals surface area contributed by atoms with E-state index in [1.807, 2.05) is 36.4 Å². The molecule has 0 amide bonds. The van der Waals surface area contributed by atoms with Gasteiger partial charge in [-0.1, -0.05) is 339 Å². The van der Waals surface area contributed by atoms with Gasteiger partial charge >= 0.3 is 0 Å². The predicted octanol–water partition coefficient (Wildman–Crippen LogP) is 37.9. The number of para-hydroxylation sites is 3. The summed E-state index contributed by atoms with van der Waals surface area (Å²) in [6.45, 7) is 14.1. The summed E-state index contributed by atoms with van der Waals surface area (Å²) < 4.78 is 25.3. The van der Waals surface area contributed by atoms with Crippen LogP contribution in [0.3, 0.4) is 0 Å². The van der Waals surface area contributed by atoms with E-state index in [0.717, 1.165) is 144 Å². The largest absolute Gasteiger partial charge is 0.456 e. The van der Waals surface area contributed by atoms with Gasteiger partial charge in [0, 0.05) is 122 Å². The van der Waals surface area contributed by atoms with E-state index in [9.17, 15) is 0 Å². The van der Waals surface area contributed by atoms with E-state index in [2.05, 4.69) is 475 Å². The fourth-order valence-electron chi connectivity index (χ4n) is 23.3. The molecule has 0 unspecified atom stereocenters. The first kappa shape index (κ1) is 82.0. The Morgan fingerprint density at radius 2 is 0.414 bits per heavy atom. The molecular formula is C133H93N3O4. The Hall–Kier alpha value is -17.5. The zero-order valence-electron chi connectivity index (χ0n) is 78.3. The van der Waals surface area contributed by atoms with Crippen molar-refractivity contribution in [3.05, 3.63) is 488 Å². The molecule has 664 valence electrons. The number of anilines is 9. The second-order valence-corrected chi connectivity index (χ2v) is 39.3. The van der Waals surface area contributed by atoms with Crippen molar-refractivity contribution >= 4 is 182 Å². The molecule has 0 saturated heterocycles. The third kappa shape index (κ3) is 13.1. The second kappa shape index (κ2) is 31.8. The molecule has 3 aliphatic rings. The maximum Gasteiger partial charge on any atom is 0.143 e. The van der Waals surface area contributed by atoms with Crippen molar-refractivity contribution in [2.75, 3.05) is 14.7 Å². The lowest BCUT2D eigenvalue weighted by atomic mass is 9.82. The van der Waals surface area contributed by atoms with E-state index >= 15 is 0 Å². The van der Waals surface area contributed by atoms with Gasteiger partial charge in [0.1, 0.15) is 44.7 Å². The third-order valence-electron chi connectivity index (χ3n) is 30.3. The summed E-state index contributed by atoms with van der Waals surface area (Å²) in [5.41, 5.74) is 38.0. The van der Waals surface area contributed by atoms with Gasteiger partial charge in [-0.25, -0.2) is 0 Å². The lowest BCUT2D eigenvalue weighted by molar-refractivity contribution is 0.660. The predicted molar refractivity (Wildman–Crippen MR) is 586 cm³/mol. The van der Waals surface area contributed by atoms with Gasteiger partial charge in [0.25, 0.3) is 0 Å². The van der Waals surface area contributed by atoms with Crippen molar-refractivity contribution in [3.8, 4) is 55.6 Å². The Bertz CT molecular complexity index is 9560. The minimum absolute atomic E-state index is 0.0452. The molecule has 0 radical (unpaired) electrons. The van der Waals surface area contributed by atoms with E-state index in [1.165, 1.54) is 127 Å². The van der Waals surface area contributed by atoms with Gasteiger partial charge < -0.3 is 32.4 Å². The molecule has 140 heavy (non-hydrogen) atoms. The van der Waals surface area contributed by atoms with Crippen LogP contribution in [0, 0.1) is 0 Å². The van der Waals surface area contributed by atoms with Crippen LogP contribution < -0.4 is 14.7 Å². The molecule has 3 aliphatic carbocycles. The summed E-state index contributed by atoms with van der Waals surface area (Å²) in [5.74, 6) is 0. The highest BCUT2D eigenvalue weighted by Gasteiger charge is 2.40. The number of rotatable bonds is 11. The molecule has 0 N–H and O–H groups in total. The van der Waals surface area contributed by atoms with Crippen molar-refractivity contribution in [1.29, 1.82) is 0 Å². The SMILES string of the molecule is CC1(C)c2ccccc2-c2c1ccc1ccc(N(c3ccc(-c4ccccc4)cc3)c3ccc4oc5c6ccccc6ccc5c4c3)cc21.CC1(C)c2ccccc2-c2c1ccc1ccc(N(c3ccc(-c4ccccc4)cc3)c3ccc4oc5ccccc5c4c3)cc21.CC1(C)c2ccccc2-c2c1ccc1ccc(N(c3ccc4c(c3)oc3ccccc34)c3ccc4oc5ccccc5c4c3)cc21. The average Bonchev–Trinajstić information content (AvgIpc) is 1.57. The zero-order chi connectivity index (χ0) is 93.4. The summed E-state index contributed by atoms with van der Waals surface area (Å²) in [6, 6.07) is 164. The highest BCUT2D eigenvalue weighted by Crippen LogP contribution is 2.57. The first-order valence-electron chi connectivity index (χ1n) is 48.5. The Kier molecular flexibility index (Phi) is 18.6. The summed E-state index contributed by atoms with van der Waals surface area (Å²) in [4.78, 5) is 7.11. The van der Waals surface area contributed by atoms with Crippen LogP contribution in [0.4, 0.5) is 51.2 Å². The molecule has 0 saturated carbocycles. The molecular weight excluding hydrogens is 1700 g/mol. The van der Waals surface area contributed by atoms with Crippen LogP contribution in [-0.4, -0.2) is 0 Å². The lowest BCUT2D eigenvalue weighted by Crippen LogP contribution is -2.14. The fraction of sp³-hybridized carbons (Fsp3) is 0.0677. The fourth-order valence-corrected chi connectivity index (χ4v) is 23.3. The molecule has 0 spiro atoms. The average molecular weight is 1800 g/mol. The van der Waals surface area contributed by atoms with Crippen molar-refractivity contribution in [3.63, 3.8) is 0 Å². The molecule has 0 bridgehead atoms. The number of fused-ring (bicyclic) bond motifs is 29. The zero-order valence-corrected chi connectivity index (χ0v) is 78.3. The Labute approximate surface area is 810 Å². The smallest absolute Gasteiger partial charge is 0.143 e. The highest BCUT2D eigenvalue weighted by atomic mass is 16.3. The summed E-state index contributed by atoms with van der Waals surface area (Å²) in [5, 5.41) is 18.8. The molecule has 0 aliphatic heterocycles. The number of benzene rings is 22. The molecule has 29 rings (SSSR count). The molecule has 22 aromatic carbocycles. The number of hydrogen-bond donors (Lipinski definition) is 0. The minimum Gasteiger partial charge on any atom is -0.456 e. The van der Waals surface area contributed by atoms with E-state index in [0.29, 0.717) is 0 Å². The van der Waals surface area contributed by atoms with Gasteiger partial charge in [-0.3, -0.25) is 0 Å². The molecule has 7 heteroatoms. The Morgan fingerprint density at radius 1 is 0.157 bits per heavy atom. The first-order valence-corrected chi connectivity index (χ1v) is 48.5. The van der Waals surface area contributed by atoms with Crippen LogP contribution in [-0.2, 0) is 16.2 Å². The number of nitrogens with zero attached hydrogens (tertiary/aromatic N) is 3. The van der Waals surface area contributed by atoms with Crippen molar-refractivity contribution in [1.82, 2.24) is 0 Å². The third-order valence-corrected chi connectivity index (χ3v) is 30.3. The van der Waals surface area contributed by atoms with Crippen LogP contribution in [0.15, 0.2) is 473 Å². The minimum atomic E-state index is -0.0600. The molecule has 4 aromatic heterocycles. The lowest BCUT2D eigenvalue weighted by Gasteiger charge is -2.27. The second-order valence-electron chi connectivity index (χ2n) is 39.3. The van der Waals surface area contributed by atoms with Gasteiger partial charge in [0.05, 0.1) is 0 Å². The van der Waals surface area contributed by atoms with Gasteiger partial charge in [-0.2, -0.15) is 0 Å². The van der Waals surface area contributed by atoms with Gasteiger partial charge in [-0.05, 0) is 278 Å². The maximum absolute atomic E-state index is 6.52. The van der Waals surface area contributed by atoms with Crippen LogP contribution >= 0.6 is 0 Å². The molecule has 0 fully saturated rings. The monoisotopic (exact) mass is 1800 g/mol. The van der Waals surface area contributed by atoms with Gasteiger partial charge in [0.15, 0.2) is 0 Å². The number of furan rings is 4. The molecule has 26 aromatic rings. The maximum atomic E-state index is 6.52. The van der Waals surface area contributed by atoms with Crippen LogP contribution in [0.25, 0.3) is 186 Å². The van der Waals surface area contributed by atoms with E-state index in [4.69, 9.17) is 17.7 Å². The first-order chi connectivity index (χ1) is 68.6. The summed E-state index contributed by atoms with van der Waals surface area (Å²) in [7, 11) is 0. The van der Waals surface area contributed by atoms with E-state index in [-0.39, 0.29) is 16.2 Å². The molecule has 7 nitrogen and oxygen atoms in total. The summed E-state index contributed by atoms with van der Waals surface area (Å²) >= 11 is 0. The van der Waals surface area contributed by atoms with Gasteiger partial charge in [0.2, 0.25) is 0 Å². The topological polar surface area (TPSA) is 62.3 Å². The Morgan fingerprint density at radius 3 is 0.836 bits per heavy atom. The highest BCUT2D eigenvalue weighted by molar-refractivity contribution is 6.17. The number of hydrogen-bond acceptors (Lipinski definition) is 7. The molecule has 4 heterocycles. The van der Waals surface area contributed by atoms with Crippen LogP contribution in [0.1, 0.15) is 74.9 Å².